The number of halogens is 5. The number of alkyl halides is 3. The maximum atomic E-state index is 14.1. The number of hydrogen-bond acceptors (Lipinski definition) is 4. The summed E-state index contributed by atoms with van der Waals surface area (Å²) in [4.78, 5) is 13.8. The Hall–Kier alpha value is -2.89. The first-order valence-corrected chi connectivity index (χ1v) is 9.95. The van der Waals surface area contributed by atoms with Crippen molar-refractivity contribution in [1.29, 1.82) is 0 Å². The van der Waals surface area contributed by atoms with Crippen LogP contribution < -0.4 is 9.46 Å². The molecular weight excluding hydrogens is 435 g/mol. The number of nitrogens with zero attached hydrogens (tertiary/aromatic N) is 1. The molecule has 6 nitrogen and oxygen atoms in total. The van der Waals surface area contributed by atoms with Crippen molar-refractivity contribution in [2.24, 2.45) is 0 Å². The Morgan fingerprint density at radius 2 is 1.80 bits per heavy atom. The minimum absolute atomic E-state index is 0.0156. The quantitative estimate of drug-likeness (QED) is 0.709. The van der Waals surface area contributed by atoms with Gasteiger partial charge in [0, 0.05) is 18.7 Å². The zero-order valence-corrected chi connectivity index (χ0v) is 16.2. The highest BCUT2D eigenvalue weighted by atomic mass is 32.2. The maximum Gasteiger partial charge on any atom is 0.516 e. The third kappa shape index (κ3) is 4.04. The van der Waals surface area contributed by atoms with Gasteiger partial charge in [-0.2, -0.15) is 21.6 Å². The number of amides is 1. The van der Waals surface area contributed by atoms with E-state index in [-0.39, 0.29) is 36.4 Å². The summed E-state index contributed by atoms with van der Waals surface area (Å²) < 4.78 is 95.7. The summed E-state index contributed by atoms with van der Waals surface area (Å²) in [6, 6.07) is 5.26. The molecule has 30 heavy (non-hydrogen) atoms. The number of carbonyl (C=O) groups is 1. The Labute approximate surface area is 168 Å². The Morgan fingerprint density at radius 3 is 2.43 bits per heavy atom. The molecule has 0 saturated heterocycles. The molecule has 162 valence electrons. The van der Waals surface area contributed by atoms with Crippen LogP contribution >= 0.6 is 0 Å². The number of fused-ring (bicyclic) bond motifs is 1. The predicted octanol–water partition coefficient (Wildman–Crippen LogP) is 3.43. The summed E-state index contributed by atoms with van der Waals surface area (Å²) in [5.74, 6) is -2.33. The first-order chi connectivity index (χ1) is 13.9. The first-order valence-electron chi connectivity index (χ1n) is 8.46. The summed E-state index contributed by atoms with van der Waals surface area (Å²) in [6.45, 7) is -0.407. The Morgan fingerprint density at radius 1 is 1.13 bits per heavy atom. The maximum absolute atomic E-state index is 14.1. The lowest BCUT2D eigenvalue weighted by Crippen LogP contribution is -2.38. The standard InChI is InChI=1S/C18H15F5N2O4S/c1-29-11-2-5-15(24-30(27,28)18(21,22)23)10(8-11)9-25-7-6-12-13(19)3-4-14(20)16(12)17(25)26/h2-5,8,24H,6-7,9H2,1H3. The molecule has 0 bridgehead atoms. The van der Waals surface area contributed by atoms with Gasteiger partial charge < -0.3 is 9.64 Å². The van der Waals surface area contributed by atoms with E-state index >= 15 is 0 Å². The molecule has 0 spiro atoms. The van der Waals surface area contributed by atoms with E-state index in [0.29, 0.717) is 0 Å². The molecule has 1 heterocycles. The molecule has 0 aliphatic carbocycles. The van der Waals surface area contributed by atoms with E-state index in [1.165, 1.54) is 24.0 Å². The van der Waals surface area contributed by atoms with Gasteiger partial charge in [-0.3, -0.25) is 9.52 Å². The number of anilines is 1. The normalized spacial score (nSPS) is 14.5. The fraction of sp³-hybridized carbons (Fsp3) is 0.278. The van der Waals surface area contributed by atoms with Gasteiger partial charge in [-0.15, -0.1) is 0 Å². The molecule has 1 N–H and O–H groups in total. The molecule has 0 unspecified atom stereocenters. The molecule has 0 atom stereocenters. The highest BCUT2D eigenvalue weighted by molar-refractivity contribution is 7.93. The minimum atomic E-state index is -5.71. The van der Waals surface area contributed by atoms with Crippen molar-refractivity contribution in [2.45, 2.75) is 18.5 Å². The molecule has 1 aliphatic rings. The topological polar surface area (TPSA) is 75.7 Å². The molecule has 0 aromatic heterocycles. The van der Waals surface area contributed by atoms with Gasteiger partial charge in [0.25, 0.3) is 5.91 Å². The van der Waals surface area contributed by atoms with Gasteiger partial charge >= 0.3 is 15.5 Å². The average Bonchev–Trinajstić information content (AvgIpc) is 2.66. The van der Waals surface area contributed by atoms with Gasteiger partial charge in [0.2, 0.25) is 0 Å². The fourth-order valence-corrected chi connectivity index (χ4v) is 3.67. The Kier molecular flexibility index (Phi) is 5.63. The van der Waals surface area contributed by atoms with E-state index in [4.69, 9.17) is 4.74 Å². The molecule has 0 fully saturated rings. The summed E-state index contributed by atoms with van der Waals surface area (Å²) in [7, 11) is -4.42. The number of carbonyl (C=O) groups excluding carboxylic acids is 1. The molecular formula is C18H15F5N2O4S. The molecule has 0 radical (unpaired) electrons. The van der Waals surface area contributed by atoms with Crippen LogP contribution in [-0.4, -0.2) is 38.4 Å². The van der Waals surface area contributed by atoms with Gasteiger partial charge in [0.15, 0.2) is 0 Å². The van der Waals surface area contributed by atoms with Crippen LogP contribution in [0.5, 0.6) is 5.75 Å². The largest absolute Gasteiger partial charge is 0.516 e. The van der Waals surface area contributed by atoms with Crippen LogP contribution in [0.4, 0.5) is 27.6 Å². The summed E-state index contributed by atoms with van der Waals surface area (Å²) in [5.41, 5.74) is -6.53. The molecule has 12 heteroatoms. The lowest BCUT2D eigenvalue weighted by Gasteiger charge is -2.30. The van der Waals surface area contributed by atoms with Gasteiger partial charge in [-0.25, -0.2) is 8.78 Å². The van der Waals surface area contributed by atoms with Gasteiger partial charge in [0.05, 0.1) is 18.4 Å². The zero-order chi connectivity index (χ0) is 22.3. The third-order valence-corrected chi connectivity index (χ3v) is 5.66. The van der Waals surface area contributed by atoms with Crippen LogP contribution in [0.2, 0.25) is 0 Å². The SMILES string of the molecule is COc1ccc(NS(=O)(=O)C(F)(F)F)c(CN2CCc3c(F)ccc(F)c3C2=O)c1. The summed E-state index contributed by atoms with van der Waals surface area (Å²) >= 11 is 0. The fourth-order valence-electron chi connectivity index (χ4n) is 3.06. The number of rotatable bonds is 5. The zero-order valence-electron chi connectivity index (χ0n) is 15.4. The second-order valence-electron chi connectivity index (χ2n) is 6.43. The number of benzene rings is 2. The van der Waals surface area contributed by atoms with Crippen LogP contribution in [-0.2, 0) is 23.0 Å². The number of nitrogens with one attached hydrogen (secondary N) is 1. The van der Waals surface area contributed by atoms with E-state index < -0.39 is 44.3 Å². The van der Waals surface area contributed by atoms with Gasteiger partial charge in [-0.1, -0.05) is 0 Å². The lowest BCUT2D eigenvalue weighted by molar-refractivity contribution is -0.0429. The second-order valence-corrected chi connectivity index (χ2v) is 8.11. The van der Waals surface area contributed by atoms with Crippen molar-refractivity contribution in [3.63, 3.8) is 0 Å². The van der Waals surface area contributed by atoms with E-state index in [0.717, 1.165) is 23.1 Å². The number of sulfonamides is 1. The second kappa shape index (κ2) is 7.74. The molecule has 1 aliphatic heterocycles. The van der Waals surface area contributed by atoms with Gasteiger partial charge in [-0.05, 0) is 42.3 Å². The van der Waals surface area contributed by atoms with Crippen LogP contribution in [0.3, 0.4) is 0 Å². The third-order valence-electron chi connectivity index (χ3n) is 4.56. The van der Waals surface area contributed by atoms with E-state index in [1.54, 1.807) is 0 Å². The highest BCUT2D eigenvalue weighted by Gasteiger charge is 2.46. The van der Waals surface area contributed by atoms with Crippen molar-refractivity contribution in [2.75, 3.05) is 18.4 Å². The number of methoxy groups -OCH3 is 1. The average molecular weight is 450 g/mol. The van der Waals surface area contributed by atoms with E-state index in [1.807, 2.05) is 0 Å². The van der Waals surface area contributed by atoms with Crippen LogP contribution in [0.1, 0.15) is 21.5 Å². The monoisotopic (exact) mass is 450 g/mol. The lowest BCUT2D eigenvalue weighted by atomic mass is 9.97. The van der Waals surface area contributed by atoms with Crippen LogP contribution in [0, 0.1) is 11.6 Å². The molecule has 0 saturated carbocycles. The predicted molar refractivity (Wildman–Crippen MR) is 96.4 cm³/mol. The summed E-state index contributed by atoms with van der Waals surface area (Å²) in [5, 5.41) is 0. The van der Waals surface area contributed by atoms with Crippen molar-refractivity contribution < 1.29 is 39.9 Å². The van der Waals surface area contributed by atoms with Crippen LogP contribution in [0.25, 0.3) is 0 Å². The van der Waals surface area contributed by atoms with Gasteiger partial charge in [0.1, 0.15) is 17.4 Å². The molecule has 3 rings (SSSR count). The Bertz CT molecular complexity index is 1100. The van der Waals surface area contributed by atoms with Crippen molar-refractivity contribution in [1.82, 2.24) is 4.90 Å². The van der Waals surface area contributed by atoms with Crippen molar-refractivity contribution in [3.8, 4) is 5.75 Å². The van der Waals surface area contributed by atoms with E-state index in [2.05, 4.69) is 0 Å². The smallest absolute Gasteiger partial charge is 0.497 e. The van der Waals surface area contributed by atoms with Crippen LogP contribution in [0.15, 0.2) is 30.3 Å². The van der Waals surface area contributed by atoms with Crippen molar-refractivity contribution >= 4 is 21.6 Å². The first kappa shape index (κ1) is 21.8. The number of ether oxygens (including phenoxy) is 1. The molecule has 1 amide bonds. The molecule has 2 aromatic carbocycles. The minimum Gasteiger partial charge on any atom is -0.497 e. The number of hydrogen-bond donors (Lipinski definition) is 1. The van der Waals surface area contributed by atoms with E-state index in [9.17, 15) is 35.2 Å². The Balaban J connectivity index is 1.96. The van der Waals surface area contributed by atoms with Crippen molar-refractivity contribution in [3.05, 3.63) is 58.7 Å². The molecule has 2 aromatic rings. The highest BCUT2D eigenvalue weighted by Crippen LogP contribution is 2.31. The summed E-state index contributed by atoms with van der Waals surface area (Å²) in [6.07, 6.45) is -0.0156.